The smallest absolute Gasteiger partial charge is 0.238 e. The third-order valence-electron chi connectivity index (χ3n) is 5.23. The highest BCUT2D eigenvalue weighted by molar-refractivity contribution is 8.00. The minimum Gasteiger partial charge on any atom is -0.310 e. The molecule has 1 atom stereocenters. The first-order chi connectivity index (χ1) is 15.5. The van der Waals surface area contributed by atoms with Crippen LogP contribution in [0, 0.1) is 0 Å². The Morgan fingerprint density at radius 3 is 2.47 bits per heavy atom. The lowest BCUT2D eigenvalue weighted by atomic mass is 10.1. The van der Waals surface area contributed by atoms with Crippen molar-refractivity contribution in [2.45, 2.75) is 43.1 Å². The van der Waals surface area contributed by atoms with Gasteiger partial charge in [-0.1, -0.05) is 41.4 Å². The van der Waals surface area contributed by atoms with Crippen LogP contribution in [0.2, 0.25) is 10.0 Å². The number of carbonyl (C=O) groups excluding carboxylic acids is 1. The number of nitrogens with one attached hydrogen (secondary N) is 1. The molecule has 0 saturated carbocycles. The van der Waals surface area contributed by atoms with E-state index in [4.69, 9.17) is 23.2 Å². The first-order valence-corrected chi connectivity index (χ1v) is 12.1. The molecule has 32 heavy (non-hydrogen) atoms. The normalized spacial score (nSPS) is 15.5. The van der Waals surface area contributed by atoms with E-state index in [0.29, 0.717) is 27.6 Å². The number of nitrogens with zero attached hydrogens (tertiary/aromatic N) is 5. The lowest BCUT2D eigenvalue weighted by molar-refractivity contribution is -0.115. The number of piperidine rings is 1. The topological polar surface area (TPSA) is 75.9 Å². The number of benzene rings is 1. The van der Waals surface area contributed by atoms with Crippen molar-refractivity contribution in [3.05, 3.63) is 58.5 Å². The van der Waals surface area contributed by atoms with Gasteiger partial charge in [0.05, 0.1) is 16.8 Å². The summed E-state index contributed by atoms with van der Waals surface area (Å²) in [7, 11) is 0. The average Bonchev–Trinajstić information content (AvgIpc) is 3.18. The van der Waals surface area contributed by atoms with Gasteiger partial charge in [0.1, 0.15) is 5.82 Å². The van der Waals surface area contributed by atoms with Crippen molar-refractivity contribution in [1.29, 1.82) is 0 Å². The highest BCUT2D eigenvalue weighted by atomic mass is 35.5. The molecule has 0 spiro atoms. The van der Waals surface area contributed by atoms with Crippen LogP contribution < -0.4 is 5.32 Å². The number of thioether (sulfide) groups is 1. The Labute approximate surface area is 201 Å². The summed E-state index contributed by atoms with van der Waals surface area (Å²) in [5, 5.41) is 13.1. The monoisotopic (exact) mass is 490 g/mol. The third-order valence-corrected chi connectivity index (χ3v) is 6.75. The molecule has 3 heterocycles. The van der Waals surface area contributed by atoms with E-state index in [1.807, 2.05) is 35.8 Å². The van der Waals surface area contributed by atoms with Crippen LogP contribution in [0.3, 0.4) is 0 Å². The number of pyridine rings is 1. The highest BCUT2D eigenvalue weighted by Gasteiger charge is 2.23. The van der Waals surface area contributed by atoms with E-state index in [2.05, 4.69) is 25.4 Å². The zero-order chi connectivity index (χ0) is 22.5. The molecule has 168 valence electrons. The van der Waals surface area contributed by atoms with E-state index < -0.39 is 5.25 Å². The van der Waals surface area contributed by atoms with Crippen molar-refractivity contribution < 1.29 is 4.79 Å². The van der Waals surface area contributed by atoms with E-state index in [0.717, 1.165) is 24.6 Å². The summed E-state index contributed by atoms with van der Waals surface area (Å²) < 4.78 is 2.01. The molecule has 4 rings (SSSR count). The maximum atomic E-state index is 12.7. The summed E-state index contributed by atoms with van der Waals surface area (Å²) >= 11 is 13.3. The Morgan fingerprint density at radius 2 is 1.78 bits per heavy atom. The number of anilines is 1. The first kappa shape index (κ1) is 23.0. The number of hydrogen-bond donors (Lipinski definition) is 1. The summed E-state index contributed by atoms with van der Waals surface area (Å²) in [6.45, 7) is 4.66. The molecule has 1 N–H and O–H groups in total. The molecule has 10 heteroatoms. The van der Waals surface area contributed by atoms with Gasteiger partial charge in [-0.2, -0.15) is 0 Å². The van der Waals surface area contributed by atoms with E-state index in [1.165, 1.54) is 37.2 Å². The van der Waals surface area contributed by atoms with Crippen molar-refractivity contribution in [3.8, 4) is 5.69 Å². The molecule has 1 unspecified atom stereocenters. The van der Waals surface area contributed by atoms with E-state index in [-0.39, 0.29) is 5.91 Å². The van der Waals surface area contributed by atoms with Crippen LogP contribution in [0.4, 0.5) is 5.82 Å². The quantitative estimate of drug-likeness (QED) is 0.465. The molecule has 1 aliphatic rings. The fourth-order valence-corrected chi connectivity index (χ4v) is 4.66. The van der Waals surface area contributed by atoms with Gasteiger partial charge in [-0.15, -0.1) is 10.2 Å². The van der Waals surface area contributed by atoms with Gasteiger partial charge in [-0.25, -0.2) is 4.98 Å². The summed E-state index contributed by atoms with van der Waals surface area (Å²) in [4.78, 5) is 19.3. The molecule has 0 radical (unpaired) electrons. The maximum absolute atomic E-state index is 12.7. The second kappa shape index (κ2) is 10.7. The standard InChI is InChI=1S/C22H24Cl2N6OS/c1-15(21(31)26-19-10-7-17(24)13-25-19)32-22-28-27-20(14-29-11-3-2-4-12-29)30(22)18-8-5-16(23)6-9-18/h5-10,13,15H,2-4,11-12,14H2,1H3,(H,25,26,31). The van der Waals surface area contributed by atoms with Gasteiger partial charge in [-0.05, 0) is 69.3 Å². The molecule has 3 aromatic rings. The summed E-state index contributed by atoms with van der Waals surface area (Å²) in [5.41, 5.74) is 0.917. The highest BCUT2D eigenvalue weighted by Crippen LogP contribution is 2.28. The van der Waals surface area contributed by atoms with Crippen LogP contribution in [-0.4, -0.2) is 48.9 Å². The van der Waals surface area contributed by atoms with Gasteiger partial charge < -0.3 is 5.32 Å². The Hall–Kier alpha value is -2.13. The van der Waals surface area contributed by atoms with Gasteiger partial charge in [0.2, 0.25) is 5.91 Å². The van der Waals surface area contributed by atoms with Crippen molar-refractivity contribution in [2.24, 2.45) is 0 Å². The molecule has 1 aliphatic heterocycles. The Balaban J connectivity index is 1.54. The molecular weight excluding hydrogens is 467 g/mol. The van der Waals surface area contributed by atoms with Crippen LogP contribution >= 0.6 is 35.0 Å². The van der Waals surface area contributed by atoms with Crippen LogP contribution in [0.1, 0.15) is 32.0 Å². The van der Waals surface area contributed by atoms with Gasteiger partial charge in [0, 0.05) is 16.9 Å². The van der Waals surface area contributed by atoms with Crippen molar-refractivity contribution in [3.63, 3.8) is 0 Å². The number of halogens is 2. The molecule has 1 aromatic carbocycles. The number of hydrogen-bond acceptors (Lipinski definition) is 6. The molecular formula is C22H24Cl2N6OS. The molecule has 1 saturated heterocycles. The number of aromatic nitrogens is 4. The fraction of sp³-hybridized carbons (Fsp3) is 0.364. The summed E-state index contributed by atoms with van der Waals surface area (Å²) in [6, 6.07) is 10.9. The number of rotatable bonds is 7. The SMILES string of the molecule is CC(Sc1nnc(CN2CCCCC2)n1-c1ccc(Cl)cc1)C(=O)Nc1ccc(Cl)cn1. The maximum Gasteiger partial charge on any atom is 0.238 e. The lowest BCUT2D eigenvalue weighted by Crippen LogP contribution is -2.30. The van der Waals surface area contributed by atoms with E-state index >= 15 is 0 Å². The lowest BCUT2D eigenvalue weighted by Gasteiger charge is -2.26. The van der Waals surface area contributed by atoms with Crippen molar-refractivity contribution >= 4 is 46.7 Å². The van der Waals surface area contributed by atoms with E-state index in [1.54, 1.807) is 12.1 Å². The van der Waals surface area contributed by atoms with Crippen LogP contribution in [-0.2, 0) is 11.3 Å². The Kier molecular flexibility index (Phi) is 7.67. The molecule has 0 bridgehead atoms. The predicted molar refractivity (Wildman–Crippen MR) is 129 cm³/mol. The van der Waals surface area contributed by atoms with Crippen molar-refractivity contribution in [2.75, 3.05) is 18.4 Å². The zero-order valence-corrected chi connectivity index (χ0v) is 20.0. The predicted octanol–water partition coefficient (Wildman–Crippen LogP) is 5.07. The van der Waals surface area contributed by atoms with Crippen LogP contribution in [0.15, 0.2) is 47.8 Å². The molecule has 7 nitrogen and oxygen atoms in total. The average molecular weight is 491 g/mol. The number of amides is 1. The first-order valence-electron chi connectivity index (χ1n) is 10.5. The summed E-state index contributed by atoms with van der Waals surface area (Å²) in [6.07, 6.45) is 5.18. The molecule has 1 amide bonds. The van der Waals surface area contributed by atoms with Gasteiger partial charge >= 0.3 is 0 Å². The van der Waals surface area contributed by atoms with Crippen LogP contribution in [0.5, 0.6) is 0 Å². The Bertz CT molecular complexity index is 1050. The molecule has 0 aliphatic carbocycles. The van der Waals surface area contributed by atoms with Gasteiger partial charge in [0.15, 0.2) is 11.0 Å². The Morgan fingerprint density at radius 1 is 1.06 bits per heavy atom. The number of likely N-dealkylation sites (tertiary alicyclic amines) is 1. The van der Waals surface area contributed by atoms with Crippen LogP contribution in [0.25, 0.3) is 5.69 Å². The second-order valence-electron chi connectivity index (χ2n) is 7.66. The molecule has 1 fully saturated rings. The third kappa shape index (κ3) is 5.81. The second-order valence-corrected chi connectivity index (χ2v) is 9.84. The molecule has 2 aromatic heterocycles. The van der Waals surface area contributed by atoms with Gasteiger partial charge in [-0.3, -0.25) is 14.3 Å². The van der Waals surface area contributed by atoms with E-state index in [9.17, 15) is 4.79 Å². The van der Waals surface area contributed by atoms with Gasteiger partial charge in [0.25, 0.3) is 0 Å². The summed E-state index contributed by atoms with van der Waals surface area (Å²) in [5.74, 6) is 1.13. The largest absolute Gasteiger partial charge is 0.310 e. The minimum atomic E-state index is -0.412. The zero-order valence-electron chi connectivity index (χ0n) is 17.7. The van der Waals surface area contributed by atoms with Crippen molar-refractivity contribution in [1.82, 2.24) is 24.6 Å². The fourth-order valence-electron chi connectivity index (χ4n) is 3.54. The minimum absolute atomic E-state index is 0.173. The number of carbonyl (C=O) groups is 1.